The highest BCUT2D eigenvalue weighted by atomic mass is 31.2. The van der Waals surface area contributed by atoms with Crippen LogP contribution in [0.4, 0.5) is 0 Å². The summed E-state index contributed by atoms with van der Waals surface area (Å²) in [5.74, 6) is -0.536. The lowest BCUT2D eigenvalue weighted by molar-refractivity contribution is -0.161. The van der Waals surface area contributed by atoms with Crippen molar-refractivity contribution in [1.82, 2.24) is 0 Å². The van der Waals surface area contributed by atoms with Gasteiger partial charge in [-0.15, -0.1) is 0 Å². The maximum absolute atomic E-state index is 13.1. The van der Waals surface area contributed by atoms with Gasteiger partial charge in [-0.05, 0) is 37.5 Å². The molecule has 97 heavy (non-hydrogen) atoms. The van der Waals surface area contributed by atoms with Crippen LogP contribution < -0.4 is 0 Å². The molecule has 3 N–H and O–H groups in total. The number of unbranched alkanes of at least 4 members (excludes halogenated alkanes) is 47. The van der Waals surface area contributed by atoms with Gasteiger partial charge >= 0.3 is 39.5 Å². The van der Waals surface area contributed by atoms with E-state index in [4.69, 9.17) is 37.0 Å². The van der Waals surface area contributed by atoms with E-state index in [1.54, 1.807) is 0 Å². The van der Waals surface area contributed by atoms with Crippen molar-refractivity contribution in [2.24, 2.45) is 11.8 Å². The summed E-state index contributed by atoms with van der Waals surface area (Å²) in [4.78, 5) is 72.8. The minimum Gasteiger partial charge on any atom is -0.462 e. The van der Waals surface area contributed by atoms with Crippen LogP contribution in [0, 0.1) is 11.8 Å². The number of carbonyl (C=O) groups is 4. The number of hydrogen-bond donors (Lipinski definition) is 3. The zero-order valence-electron chi connectivity index (χ0n) is 63.4. The molecule has 0 saturated carbocycles. The Bertz CT molecular complexity index is 1870. The Morgan fingerprint density at radius 1 is 0.278 bits per heavy atom. The summed E-state index contributed by atoms with van der Waals surface area (Å²) >= 11 is 0. The third-order valence-corrected chi connectivity index (χ3v) is 20.1. The Balaban J connectivity index is 5.21. The first kappa shape index (κ1) is 95.1. The summed E-state index contributed by atoms with van der Waals surface area (Å²) in [5.41, 5.74) is 0. The molecule has 0 aliphatic heterocycles. The van der Waals surface area contributed by atoms with Crippen molar-refractivity contribution in [3.8, 4) is 0 Å². The molecule has 0 radical (unpaired) electrons. The van der Waals surface area contributed by atoms with Crippen molar-refractivity contribution < 1.29 is 80.2 Å². The number of phosphoric ester groups is 2. The Hall–Kier alpha value is -1.94. The topological polar surface area (TPSA) is 237 Å². The van der Waals surface area contributed by atoms with Crippen molar-refractivity contribution >= 4 is 39.5 Å². The lowest BCUT2D eigenvalue weighted by atomic mass is 10.0. The van der Waals surface area contributed by atoms with E-state index in [1.165, 1.54) is 218 Å². The monoisotopic (exact) mass is 1420 g/mol. The van der Waals surface area contributed by atoms with Gasteiger partial charge in [0.25, 0.3) is 0 Å². The second-order valence-electron chi connectivity index (χ2n) is 29.1. The number of carbonyl (C=O) groups excluding carboxylic acids is 4. The van der Waals surface area contributed by atoms with Crippen molar-refractivity contribution in [2.45, 2.75) is 426 Å². The lowest BCUT2D eigenvalue weighted by Gasteiger charge is -2.21. The van der Waals surface area contributed by atoms with E-state index in [9.17, 15) is 43.2 Å². The minimum absolute atomic E-state index is 0.107. The van der Waals surface area contributed by atoms with E-state index >= 15 is 0 Å². The van der Waals surface area contributed by atoms with Crippen molar-refractivity contribution in [1.29, 1.82) is 0 Å². The van der Waals surface area contributed by atoms with Crippen LogP contribution in [0.5, 0.6) is 0 Å². The summed E-state index contributed by atoms with van der Waals surface area (Å²) in [5, 5.41) is 10.6. The summed E-state index contributed by atoms with van der Waals surface area (Å²) in [7, 11) is -9.91. The van der Waals surface area contributed by atoms with Crippen LogP contribution in [0.2, 0.25) is 0 Å². The largest absolute Gasteiger partial charge is 0.472 e. The maximum Gasteiger partial charge on any atom is 0.472 e. The molecule has 5 atom stereocenters. The number of rotatable bonds is 77. The Morgan fingerprint density at radius 2 is 0.474 bits per heavy atom. The standard InChI is InChI=1S/C78H152O17P2/c1-7-9-11-13-15-17-18-19-20-21-22-27-33-38-44-50-56-62-78(83)95-74(67-89-76(81)61-55-49-43-37-32-28-23-25-30-35-40-46-52-58-70(3)4)69-93-97(86,87)91-65-72(79)64-90-96(84,85)92-68-73(66-88-75(80)60-54-48-42-16-14-12-10-8-2)94-77(82)63-57-51-45-39-34-29-24-26-31-36-41-47-53-59-71(5)6/h70-74,79H,7-69H2,1-6H3,(H,84,85)(H,86,87)/t72-,73+,74+/m0/s1. The molecular formula is C78H152O17P2. The third kappa shape index (κ3) is 72.2. The molecular weight excluding hydrogens is 1270 g/mol. The van der Waals surface area contributed by atoms with E-state index < -0.39 is 97.5 Å². The fraction of sp³-hybridized carbons (Fsp3) is 0.949. The average molecular weight is 1420 g/mol. The lowest BCUT2D eigenvalue weighted by Crippen LogP contribution is -2.30. The average Bonchev–Trinajstić information content (AvgIpc) is 1.94. The molecule has 0 heterocycles. The van der Waals surface area contributed by atoms with Crippen LogP contribution in [-0.2, 0) is 65.4 Å². The molecule has 0 aromatic heterocycles. The molecule has 0 bridgehead atoms. The van der Waals surface area contributed by atoms with E-state index in [2.05, 4.69) is 41.5 Å². The smallest absolute Gasteiger partial charge is 0.462 e. The van der Waals surface area contributed by atoms with Gasteiger partial charge in [-0.1, -0.05) is 356 Å². The van der Waals surface area contributed by atoms with Gasteiger partial charge in [0.05, 0.1) is 26.4 Å². The molecule has 0 aromatic carbocycles. The first-order valence-corrected chi connectivity index (χ1v) is 43.5. The minimum atomic E-state index is -4.96. The Morgan fingerprint density at radius 3 is 0.701 bits per heavy atom. The zero-order chi connectivity index (χ0) is 71.4. The Kier molecular flexibility index (Phi) is 68.4. The van der Waals surface area contributed by atoms with E-state index in [0.717, 1.165) is 108 Å². The van der Waals surface area contributed by atoms with Gasteiger partial charge in [-0.25, -0.2) is 9.13 Å². The molecule has 0 spiro atoms. The van der Waals surface area contributed by atoms with E-state index in [-0.39, 0.29) is 25.7 Å². The summed E-state index contributed by atoms with van der Waals surface area (Å²) in [6.45, 7) is 9.63. The highest BCUT2D eigenvalue weighted by Gasteiger charge is 2.30. The van der Waals surface area contributed by atoms with Gasteiger partial charge in [-0.3, -0.25) is 37.3 Å². The molecule has 0 saturated heterocycles. The van der Waals surface area contributed by atoms with Crippen molar-refractivity contribution in [3.63, 3.8) is 0 Å². The van der Waals surface area contributed by atoms with E-state index in [0.29, 0.717) is 25.7 Å². The van der Waals surface area contributed by atoms with Gasteiger partial charge < -0.3 is 33.8 Å². The number of ether oxygens (including phenoxy) is 4. The predicted octanol–water partition coefficient (Wildman–Crippen LogP) is 23.1. The van der Waals surface area contributed by atoms with Gasteiger partial charge in [-0.2, -0.15) is 0 Å². The number of esters is 4. The summed E-state index contributed by atoms with van der Waals surface area (Å²) < 4.78 is 68.6. The number of phosphoric acid groups is 2. The molecule has 0 rings (SSSR count). The van der Waals surface area contributed by atoms with Crippen molar-refractivity contribution in [3.05, 3.63) is 0 Å². The van der Waals surface area contributed by atoms with Crippen molar-refractivity contribution in [2.75, 3.05) is 39.6 Å². The summed E-state index contributed by atoms with van der Waals surface area (Å²) in [6, 6.07) is 0. The number of hydrogen-bond acceptors (Lipinski definition) is 15. The summed E-state index contributed by atoms with van der Waals surface area (Å²) in [6.07, 6.45) is 58.2. The first-order valence-electron chi connectivity index (χ1n) is 40.5. The quantitative estimate of drug-likeness (QED) is 0.0222. The second-order valence-corrected chi connectivity index (χ2v) is 32.0. The molecule has 0 aromatic rings. The van der Waals surface area contributed by atoms with E-state index in [1.807, 2.05) is 0 Å². The molecule has 0 aliphatic rings. The fourth-order valence-corrected chi connectivity index (χ4v) is 13.6. The Labute approximate surface area is 594 Å². The molecule has 2 unspecified atom stereocenters. The van der Waals surface area contributed by atoms with Gasteiger partial charge in [0, 0.05) is 25.7 Å². The second kappa shape index (κ2) is 69.8. The number of aliphatic hydroxyl groups is 1. The van der Waals surface area contributed by atoms with Gasteiger partial charge in [0.1, 0.15) is 19.3 Å². The predicted molar refractivity (Wildman–Crippen MR) is 395 cm³/mol. The van der Waals surface area contributed by atoms with Gasteiger partial charge in [0.2, 0.25) is 0 Å². The molecule has 0 aliphatic carbocycles. The molecule has 0 fully saturated rings. The third-order valence-electron chi connectivity index (χ3n) is 18.2. The number of aliphatic hydroxyl groups excluding tert-OH is 1. The molecule has 576 valence electrons. The molecule has 0 amide bonds. The molecule has 17 nitrogen and oxygen atoms in total. The zero-order valence-corrected chi connectivity index (χ0v) is 65.2. The highest BCUT2D eigenvalue weighted by molar-refractivity contribution is 7.47. The normalized spacial score (nSPS) is 14.0. The van der Waals surface area contributed by atoms with Crippen LogP contribution >= 0.6 is 15.6 Å². The SMILES string of the molecule is CCCCCCCCCCCCCCCCCCCC(=O)O[C@H](COC(=O)CCCCCCCCCCCCCCCC(C)C)COP(=O)(O)OC[C@@H](O)COP(=O)(O)OC[C@@H](COC(=O)CCCCCCCCCC)OC(=O)CCCCCCCCCCCCCCCC(C)C. The highest BCUT2D eigenvalue weighted by Crippen LogP contribution is 2.45. The first-order chi connectivity index (χ1) is 46.9. The fourth-order valence-electron chi connectivity index (χ4n) is 12.0. The van der Waals surface area contributed by atoms with Crippen LogP contribution in [-0.4, -0.2) is 96.7 Å². The van der Waals surface area contributed by atoms with Crippen LogP contribution in [0.25, 0.3) is 0 Å². The van der Waals surface area contributed by atoms with Crippen LogP contribution in [0.15, 0.2) is 0 Å². The maximum atomic E-state index is 13.1. The van der Waals surface area contributed by atoms with Crippen LogP contribution in [0.1, 0.15) is 408 Å². The molecule has 19 heteroatoms. The van der Waals surface area contributed by atoms with Crippen LogP contribution in [0.3, 0.4) is 0 Å². The van der Waals surface area contributed by atoms with Gasteiger partial charge in [0.15, 0.2) is 12.2 Å².